The van der Waals surface area contributed by atoms with Gasteiger partial charge in [0.25, 0.3) is 0 Å². The van der Waals surface area contributed by atoms with E-state index in [9.17, 15) is 9.59 Å². The van der Waals surface area contributed by atoms with E-state index in [4.69, 9.17) is 9.47 Å². The number of amides is 2. The molecule has 0 radical (unpaired) electrons. The number of benzene rings is 1. The number of piperidine rings is 1. The van der Waals surface area contributed by atoms with E-state index in [1.807, 2.05) is 34.9 Å². The minimum atomic E-state index is -0.411. The fraction of sp³-hybridized carbons (Fsp3) is 0.636. The Morgan fingerprint density at radius 3 is 2.57 bits per heavy atom. The van der Waals surface area contributed by atoms with Crippen LogP contribution in [0.2, 0.25) is 0 Å². The summed E-state index contributed by atoms with van der Waals surface area (Å²) in [5, 5.41) is 0. The maximum absolute atomic E-state index is 13.5. The highest BCUT2D eigenvalue weighted by Crippen LogP contribution is 2.49. The van der Waals surface area contributed by atoms with Crippen LogP contribution in [0.15, 0.2) is 18.2 Å². The molecular formula is C22H30N2O4. The van der Waals surface area contributed by atoms with Crippen molar-refractivity contribution < 1.29 is 19.1 Å². The summed E-state index contributed by atoms with van der Waals surface area (Å²) in [7, 11) is 3.24. The van der Waals surface area contributed by atoms with Crippen LogP contribution < -0.4 is 9.47 Å². The summed E-state index contributed by atoms with van der Waals surface area (Å²) in [5.41, 5.74) is 0.367. The van der Waals surface area contributed by atoms with E-state index in [0.29, 0.717) is 31.1 Å². The summed E-state index contributed by atoms with van der Waals surface area (Å²) in [5.74, 6) is 1.78. The van der Waals surface area contributed by atoms with E-state index in [1.54, 1.807) is 14.2 Å². The number of nitrogens with zero attached hydrogens (tertiary/aromatic N) is 2. The fourth-order valence-electron chi connectivity index (χ4n) is 4.79. The molecule has 0 N–H and O–H groups in total. The van der Waals surface area contributed by atoms with E-state index in [0.717, 1.165) is 44.2 Å². The zero-order chi connectivity index (χ0) is 19.9. The van der Waals surface area contributed by atoms with Gasteiger partial charge in [-0.05, 0) is 38.2 Å². The largest absolute Gasteiger partial charge is 0.493 e. The highest BCUT2D eigenvalue weighted by Gasteiger charge is 2.54. The van der Waals surface area contributed by atoms with Gasteiger partial charge in [0.1, 0.15) is 0 Å². The molecule has 1 aromatic rings. The van der Waals surface area contributed by atoms with Gasteiger partial charge in [0, 0.05) is 37.2 Å². The maximum Gasteiger partial charge on any atom is 0.230 e. The Bertz CT molecular complexity index is 789. The summed E-state index contributed by atoms with van der Waals surface area (Å²) in [4.78, 5) is 30.1. The van der Waals surface area contributed by atoms with Crippen LogP contribution in [0, 0.1) is 10.8 Å². The number of carbonyl (C=O) groups is 2. The molecule has 1 atom stereocenters. The molecule has 1 aromatic carbocycles. The van der Waals surface area contributed by atoms with Crippen molar-refractivity contribution in [3.8, 4) is 11.5 Å². The van der Waals surface area contributed by atoms with Gasteiger partial charge in [0.2, 0.25) is 11.8 Å². The fourth-order valence-corrected chi connectivity index (χ4v) is 4.79. The standard InChI is InChI=1S/C22H30N2O4/c1-21(9-10-21)19(25)24-13-11-22(15-24)8-5-12-23(20(22)26)14-16-6-4-7-17(27-2)18(16)28-3/h4,6-7H,5,8-15H2,1-3H3. The lowest BCUT2D eigenvalue weighted by Crippen LogP contribution is -2.50. The average molecular weight is 386 g/mol. The van der Waals surface area contributed by atoms with Gasteiger partial charge in [-0.1, -0.05) is 19.1 Å². The molecule has 3 aliphatic rings. The predicted molar refractivity (Wildman–Crippen MR) is 105 cm³/mol. The Balaban J connectivity index is 1.51. The van der Waals surface area contributed by atoms with E-state index in [2.05, 4.69) is 0 Å². The molecule has 2 saturated heterocycles. The molecule has 6 heteroatoms. The van der Waals surface area contributed by atoms with Crippen LogP contribution in [-0.2, 0) is 16.1 Å². The molecule has 0 bridgehead atoms. The van der Waals surface area contributed by atoms with E-state index in [1.165, 1.54) is 0 Å². The Hall–Kier alpha value is -2.24. The van der Waals surface area contributed by atoms with Gasteiger partial charge in [0.05, 0.1) is 19.6 Å². The van der Waals surface area contributed by atoms with Crippen molar-refractivity contribution in [3.63, 3.8) is 0 Å². The molecule has 1 spiro atoms. The topological polar surface area (TPSA) is 59.1 Å². The maximum atomic E-state index is 13.5. The highest BCUT2D eigenvalue weighted by atomic mass is 16.5. The molecule has 2 amide bonds. The zero-order valence-corrected chi connectivity index (χ0v) is 17.1. The molecule has 3 fully saturated rings. The second kappa shape index (κ2) is 6.98. The van der Waals surface area contributed by atoms with Crippen molar-refractivity contribution >= 4 is 11.8 Å². The molecule has 1 saturated carbocycles. The van der Waals surface area contributed by atoms with Crippen molar-refractivity contribution in [1.29, 1.82) is 0 Å². The molecule has 2 aliphatic heterocycles. The van der Waals surface area contributed by atoms with Crippen LogP contribution in [0.5, 0.6) is 11.5 Å². The monoisotopic (exact) mass is 386 g/mol. The number of likely N-dealkylation sites (tertiary alicyclic amines) is 2. The van der Waals surface area contributed by atoms with E-state index >= 15 is 0 Å². The molecule has 28 heavy (non-hydrogen) atoms. The van der Waals surface area contributed by atoms with Crippen molar-refractivity contribution in [3.05, 3.63) is 23.8 Å². The van der Waals surface area contributed by atoms with Crippen molar-refractivity contribution in [2.24, 2.45) is 10.8 Å². The minimum Gasteiger partial charge on any atom is -0.493 e. The van der Waals surface area contributed by atoms with Crippen molar-refractivity contribution in [2.45, 2.75) is 45.6 Å². The van der Waals surface area contributed by atoms with Crippen LogP contribution in [0.4, 0.5) is 0 Å². The predicted octanol–water partition coefficient (Wildman–Crippen LogP) is 2.85. The third-order valence-corrected chi connectivity index (χ3v) is 6.83. The smallest absolute Gasteiger partial charge is 0.230 e. The Morgan fingerprint density at radius 1 is 1.11 bits per heavy atom. The lowest BCUT2D eigenvalue weighted by Gasteiger charge is -2.39. The van der Waals surface area contributed by atoms with Crippen LogP contribution in [-0.4, -0.2) is 55.5 Å². The molecule has 0 aromatic heterocycles. The lowest BCUT2D eigenvalue weighted by atomic mass is 9.78. The first-order chi connectivity index (χ1) is 13.4. The zero-order valence-electron chi connectivity index (χ0n) is 17.1. The van der Waals surface area contributed by atoms with Crippen LogP contribution in [0.25, 0.3) is 0 Å². The lowest BCUT2D eigenvalue weighted by molar-refractivity contribution is -0.147. The summed E-state index contributed by atoms with van der Waals surface area (Å²) >= 11 is 0. The van der Waals surface area contributed by atoms with Crippen LogP contribution in [0.1, 0.15) is 44.6 Å². The van der Waals surface area contributed by atoms with Gasteiger partial charge in [-0.25, -0.2) is 0 Å². The number of methoxy groups -OCH3 is 2. The third kappa shape index (κ3) is 3.12. The summed E-state index contributed by atoms with van der Waals surface area (Å²) in [6, 6.07) is 5.77. The quantitative estimate of drug-likeness (QED) is 0.781. The first kappa shape index (κ1) is 19.1. The molecule has 1 unspecified atom stereocenters. The van der Waals surface area contributed by atoms with Gasteiger partial charge < -0.3 is 19.3 Å². The second-order valence-electron chi connectivity index (χ2n) is 8.80. The number of hydrogen-bond acceptors (Lipinski definition) is 4. The van der Waals surface area contributed by atoms with Gasteiger partial charge >= 0.3 is 0 Å². The highest BCUT2D eigenvalue weighted by molar-refractivity contribution is 5.88. The Morgan fingerprint density at radius 2 is 1.89 bits per heavy atom. The molecule has 2 heterocycles. The number of ether oxygens (including phenoxy) is 2. The number of para-hydroxylation sites is 1. The first-order valence-electron chi connectivity index (χ1n) is 10.2. The SMILES string of the molecule is COc1cccc(CN2CCCC3(CCN(C(=O)C4(C)CC4)C3)C2=O)c1OC. The summed E-state index contributed by atoms with van der Waals surface area (Å²) in [6.07, 6.45) is 4.57. The number of rotatable bonds is 5. The average Bonchev–Trinajstić information content (AvgIpc) is 3.32. The molecule has 1 aliphatic carbocycles. The molecule has 4 rings (SSSR count). The second-order valence-corrected chi connectivity index (χ2v) is 8.80. The summed E-state index contributed by atoms with van der Waals surface area (Å²) < 4.78 is 10.9. The van der Waals surface area contributed by atoms with Crippen molar-refractivity contribution in [2.75, 3.05) is 33.9 Å². The van der Waals surface area contributed by atoms with Gasteiger partial charge in [0.15, 0.2) is 11.5 Å². The molecule has 152 valence electrons. The van der Waals surface area contributed by atoms with E-state index in [-0.39, 0.29) is 17.2 Å². The Labute approximate surface area is 166 Å². The Kier molecular flexibility index (Phi) is 4.76. The van der Waals surface area contributed by atoms with Gasteiger partial charge in [-0.3, -0.25) is 9.59 Å². The van der Waals surface area contributed by atoms with E-state index < -0.39 is 5.41 Å². The van der Waals surface area contributed by atoms with Gasteiger partial charge in [-0.15, -0.1) is 0 Å². The number of hydrogen-bond donors (Lipinski definition) is 0. The third-order valence-electron chi connectivity index (χ3n) is 6.83. The minimum absolute atomic E-state index is 0.170. The normalized spacial score (nSPS) is 25.9. The van der Waals surface area contributed by atoms with Crippen LogP contribution in [0.3, 0.4) is 0 Å². The van der Waals surface area contributed by atoms with Crippen molar-refractivity contribution in [1.82, 2.24) is 9.80 Å². The molecule has 6 nitrogen and oxygen atoms in total. The van der Waals surface area contributed by atoms with Gasteiger partial charge in [-0.2, -0.15) is 0 Å². The first-order valence-corrected chi connectivity index (χ1v) is 10.2. The van der Waals surface area contributed by atoms with Crippen LogP contribution >= 0.6 is 0 Å². The summed E-state index contributed by atoms with van der Waals surface area (Å²) in [6.45, 7) is 4.58. The molecular weight excluding hydrogens is 356 g/mol. The number of carbonyl (C=O) groups excluding carboxylic acids is 2.